The lowest BCUT2D eigenvalue weighted by atomic mass is 9.91. The van der Waals surface area contributed by atoms with Gasteiger partial charge in [0.25, 0.3) is 5.92 Å². The van der Waals surface area contributed by atoms with E-state index in [0.717, 1.165) is 31.3 Å². The molecule has 4 rings (SSSR count). The van der Waals surface area contributed by atoms with Crippen LogP contribution in [0.5, 0.6) is 0 Å². The fourth-order valence-electron chi connectivity index (χ4n) is 6.64. The molecule has 316 valence electrons. The maximum absolute atomic E-state index is 15.6. The average molecular weight is 797 g/mol. The van der Waals surface area contributed by atoms with Gasteiger partial charge in [-0.05, 0) is 110 Å². The Balaban J connectivity index is 0.000000937. The third-order valence-electron chi connectivity index (χ3n) is 10.4. The number of fused-ring (bicyclic) bond motifs is 1. The Bertz CT molecular complexity index is 1460. The van der Waals surface area contributed by atoms with Crippen molar-refractivity contribution in [2.24, 2.45) is 16.8 Å². The molecule has 2 fully saturated rings. The first kappa shape index (κ1) is 52.3. The van der Waals surface area contributed by atoms with Gasteiger partial charge in [0.15, 0.2) is 0 Å². The second-order valence-corrected chi connectivity index (χ2v) is 15.1. The first-order valence-electron chi connectivity index (χ1n) is 20.5. The summed E-state index contributed by atoms with van der Waals surface area (Å²) in [5, 5.41) is 9.05. The topological polar surface area (TPSA) is 90.6 Å². The SMILES string of the molecule is C=C1CC2CCCN2C1.CC.CCC(C)C(C)CCNC.CCCC.CNc1c(Cl)c(-c2nc(N)cc(C)c2C(C)(F)F)c(F)c(C)c1/C(C)=N\C(C)NC. The minimum atomic E-state index is -3.28. The van der Waals surface area contributed by atoms with Gasteiger partial charge in [0, 0.05) is 37.8 Å². The molecule has 55 heavy (non-hydrogen) atoms. The van der Waals surface area contributed by atoms with Gasteiger partial charge in [-0.1, -0.05) is 91.5 Å². The number of pyridine rings is 1. The number of unbranched alkanes of at least 4 members (excludes halogenated alkanes) is 1. The number of hydrogen-bond acceptors (Lipinski definition) is 7. The Kier molecular flexibility index (Phi) is 25.0. The number of aryl methyl sites for hydroxylation is 1. The van der Waals surface area contributed by atoms with E-state index < -0.39 is 17.3 Å². The van der Waals surface area contributed by atoms with Crippen LogP contribution in [0.2, 0.25) is 5.02 Å². The van der Waals surface area contributed by atoms with E-state index in [1.807, 2.05) is 27.8 Å². The zero-order valence-corrected chi connectivity index (χ0v) is 37.9. The second-order valence-electron chi connectivity index (χ2n) is 14.8. The van der Waals surface area contributed by atoms with Crippen molar-refractivity contribution in [2.75, 3.05) is 51.8 Å². The molecule has 4 atom stereocenters. The molecule has 0 radical (unpaired) electrons. The van der Waals surface area contributed by atoms with Gasteiger partial charge >= 0.3 is 0 Å². The summed E-state index contributed by atoms with van der Waals surface area (Å²) in [6.07, 6.45) is 9.16. The molecular weight excluding hydrogens is 719 g/mol. The van der Waals surface area contributed by atoms with Crippen molar-refractivity contribution >= 4 is 28.8 Å². The van der Waals surface area contributed by atoms with E-state index in [1.165, 1.54) is 76.6 Å². The Hall–Kier alpha value is -2.66. The minimum Gasteiger partial charge on any atom is -0.386 e. The first-order valence-corrected chi connectivity index (χ1v) is 20.8. The van der Waals surface area contributed by atoms with Crippen LogP contribution in [0, 0.1) is 31.5 Å². The molecule has 1 aromatic carbocycles. The van der Waals surface area contributed by atoms with Gasteiger partial charge < -0.3 is 16.4 Å². The van der Waals surface area contributed by atoms with Gasteiger partial charge in [-0.3, -0.25) is 15.2 Å². The van der Waals surface area contributed by atoms with Crippen LogP contribution >= 0.6 is 11.6 Å². The number of aliphatic imine (C=N–C) groups is 1. The Labute approximate surface area is 339 Å². The fourth-order valence-corrected chi connectivity index (χ4v) is 7.00. The highest BCUT2D eigenvalue weighted by molar-refractivity contribution is 6.37. The Morgan fingerprint density at radius 2 is 1.71 bits per heavy atom. The smallest absolute Gasteiger partial charge is 0.272 e. The van der Waals surface area contributed by atoms with Crippen LogP contribution < -0.4 is 21.7 Å². The summed E-state index contributed by atoms with van der Waals surface area (Å²) < 4.78 is 44.5. The number of rotatable bonds is 12. The molecule has 7 nitrogen and oxygen atoms in total. The van der Waals surface area contributed by atoms with E-state index in [4.69, 9.17) is 17.3 Å². The summed E-state index contributed by atoms with van der Waals surface area (Å²) in [5.41, 5.74) is 8.15. The summed E-state index contributed by atoms with van der Waals surface area (Å²) in [5.74, 6) is -2.27. The van der Waals surface area contributed by atoms with E-state index in [2.05, 4.69) is 72.0 Å². The molecular formula is C44H77ClF3N7. The maximum Gasteiger partial charge on any atom is 0.272 e. The van der Waals surface area contributed by atoms with Crippen LogP contribution in [0.4, 0.5) is 24.7 Å². The predicted octanol–water partition coefficient (Wildman–Crippen LogP) is 11.8. The lowest BCUT2D eigenvalue weighted by Gasteiger charge is -2.23. The number of anilines is 2. The van der Waals surface area contributed by atoms with Gasteiger partial charge in [0.05, 0.1) is 33.7 Å². The molecule has 0 amide bonds. The highest BCUT2D eigenvalue weighted by atomic mass is 35.5. The summed E-state index contributed by atoms with van der Waals surface area (Å²) in [6.45, 7) is 30.3. The summed E-state index contributed by atoms with van der Waals surface area (Å²) in [7, 11) is 5.39. The predicted molar refractivity (Wildman–Crippen MR) is 236 cm³/mol. The maximum atomic E-state index is 15.6. The monoisotopic (exact) mass is 796 g/mol. The van der Waals surface area contributed by atoms with Crippen LogP contribution in [-0.2, 0) is 5.92 Å². The second kappa shape index (κ2) is 26.3. The van der Waals surface area contributed by atoms with Crippen molar-refractivity contribution in [3.05, 3.63) is 51.3 Å². The Morgan fingerprint density at radius 1 is 1.11 bits per heavy atom. The molecule has 5 N–H and O–H groups in total. The average Bonchev–Trinajstić information content (AvgIpc) is 3.73. The number of nitrogens with one attached hydrogen (secondary N) is 3. The van der Waals surface area contributed by atoms with Gasteiger partial charge in [-0.25, -0.2) is 18.2 Å². The zero-order valence-electron chi connectivity index (χ0n) is 37.1. The quantitative estimate of drug-likeness (QED) is 0.126. The third kappa shape index (κ3) is 16.0. The summed E-state index contributed by atoms with van der Waals surface area (Å²) in [4.78, 5) is 11.1. The van der Waals surface area contributed by atoms with E-state index in [1.54, 1.807) is 27.9 Å². The van der Waals surface area contributed by atoms with Crippen molar-refractivity contribution in [1.29, 1.82) is 0 Å². The van der Waals surface area contributed by atoms with Gasteiger partial charge in [0.1, 0.15) is 11.6 Å². The number of nitrogen functional groups attached to an aromatic ring is 1. The summed E-state index contributed by atoms with van der Waals surface area (Å²) >= 11 is 6.57. The van der Waals surface area contributed by atoms with Crippen LogP contribution in [0.1, 0.15) is 136 Å². The third-order valence-corrected chi connectivity index (χ3v) is 10.7. The lowest BCUT2D eigenvalue weighted by Crippen LogP contribution is -2.21. The molecule has 4 unspecified atom stereocenters. The van der Waals surface area contributed by atoms with Gasteiger partial charge in [-0.15, -0.1) is 0 Å². The minimum absolute atomic E-state index is 0.000656. The number of halogens is 4. The number of benzene rings is 1. The summed E-state index contributed by atoms with van der Waals surface area (Å²) in [6, 6.07) is 2.22. The molecule has 2 aliphatic heterocycles. The standard InChI is InChI=1S/C21H27ClF3N5.C9H21N.C8H13N.C4H10.C2H6/c1-9-8-13(26)30-19(16(9)21(5,24)25)15-17(22)20(28-7)14(10(2)18(15)23)11(3)29-12(4)27-6;1-5-8(2)9(3)6-7-10-4;1-7-5-8-3-2-4-9(8)6-7;1-3-4-2;1-2/h8,12,27-28H,1-7H3,(H2,26,30);8-10H,5-7H2,1-4H3;8H,1-6H2;3-4H2,1-2H3;1-2H3/b29-11-;;;;. The van der Waals surface area contributed by atoms with Crippen molar-refractivity contribution in [2.45, 2.75) is 146 Å². The number of alkyl halides is 2. The molecule has 3 heterocycles. The lowest BCUT2D eigenvalue weighted by molar-refractivity contribution is 0.0171. The largest absolute Gasteiger partial charge is 0.386 e. The van der Waals surface area contributed by atoms with E-state index in [0.29, 0.717) is 17.0 Å². The van der Waals surface area contributed by atoms with Crippen molar-refractivity contribution in [3.63, 3.8) is 0 Å². The number of hydrogen-bond donors (Lipinski definition) is 4. The molecule has 11 heteroatoms. The first-order chi connectivity index (χ1) is 25.8. The van der Waals surface area contributed by atoms with Crippen molar-refractivity contribution < 1.29 is 13.2 Å². The molecule has 0 bridgehead atoms. The van der Waals surface area contributed by atoms with Crippen LogP contribution in [0.15, 0.2) is 23.2 Å². The van der Waals surface area contributed by atoms with Gasteiger partial charge in [-0.2, -0.15) is 0 Å². The van der Waals surface area contributed by atoms with E-state index >= 15 is 4.39 Å². The zero-order chi connectivity index (χ0) is 42.6. The molecule has 0 aliphatic carbocycles. The Morgan fingerprint density at radius 3 is 2.18 bits per heavy atom. The highest BCUT2D eigenvalue weighted by Crippen LogP contribution is 2.45. The van der Waals surface area contributed by atoms with Crippen molar-refractivity contribution in [3.8, 4) is 11.3 Å². The number of nitrogens with zero attached hydrogens (tertiary/aromatic N) is 3. The molecule has 2 aliphatic rings. The van der Waals surface area contributed by atoms with Crippen LogP contribution in [0.25, 0.3) is 11.3 Å². The van der Waals surface area contributed by atoms with Crippen molar-refractivity contribution in [1.82, 2.24) is 20.5 Å². The van der Waals surface area contributed by atoms with Gasteiger partial charge in [0.2, 0.25) is 0 Å². The molecule has 0 spiro atoms. The molecule has 2 aromatic rings. The van der Waals surface area contributed by atoms with E-state index in [9.17, 15) is 8.78 Å². The fraction of sp³-hybridized carbons (Fsp3) is 0.682. The molecule has 1 aromatic heterocycles. The molecule has 2 saturated heterocycles. The van der Waals surface area contributed by atoms with Crippen LogP contribution in [0.3, 0.4) is 0 Å². The molecule has 0 saturated carbocycles. The van der Waals surface area contributed by atoms with E-state index in [-0.39, 0.29) is 39.4 Å². The highest BCUT2D eigenvalue weighted by Gasteiger charge is 2.35. The number of aromatic nitrogens is 1. The normalized spacial score (nSPS) is 16.9. The van der Waals surface area contributed by atoms with Crippen LogP contribution in [-0.4, -0.2) is 68.6 Å². The number of nitrogens with two attached hydrogens (primary N) is 1.